The molecule has 0 saturated carbocycles. The molecule has 0 saturated heterocycles. The summed E-state index contributed by atoms with van der Waals surface area (Å²) in [5, 5.41) is 13.3. The van der Waals surface area contributed by atoms with Crippen LogP contribution in [0.1, 0.15) is 27.2 Å². The summed E-state index contributed by atoms with van der Waals surface area (Å²) in [7, 11) is 0. The summed E-state index contributed by atoms with van der Waals surface area (Å²) in [4.78, 5) is 0. The Morgan fingerprint density at radius 3 is 2.68 bits per heavy atom. The predicted molar refractivity (Wildman–Crippen MR) is 82.6 cm³/mol. The molecule has 0 aliphatic heterocycles. The van der Waals surface area contributed by atoms with E-state index in [9.17, 15) is 5.11 Å². The van der Waals surface area contributed by atoms with E-state index in [0.29, 0.717) is 25.1 Å². The molecule has 2 atom stereocenters. The third-order valence-corrected chi connectivity index (χ3v) is 3.59. The number of benzene rings is 1. The number of nitrogens with one attached hydrogen (secondary N) is 1. The van der Waals surface area contributed by atoms with Gasteiger partial charge >= 0.3 is 0 Å². The van der Waals surface area contributed by atoms with E-state index in [2.05, 4.69) is 42.0 Å². The first-order chi connectivity index (χ1) is 9.02. The molecule has 1 aromatic rings. The van der Waals surface area contributed by atoms with Crippen LogP contribution in [0.25, 0.3) is 0 Å². The van der Waals surface area contributed by atoms with Gasteiger partial charge < -0.3 is 15.2 Å². The van der Waals surface area contributed by atoms with Crippen molar-refractivity contribution in [2.24, 2.45) is 5.92 Å². The quantitative estimate of drug-likeness (QED) is 0.769. The SMILES string of the molecule is CCC(NCC(O)COc1cccc(Br)c1)C(C)C. The fourth-order valence-electron chi connectivity index (χ4n) is 1.95. The molecule has 0 aromatic heterocycles. The minimum Gasteiger partial charge on any atom is -0.491 e. The monoisotopic (exact) mass is 329 g/mol. The van der Waals surface area contributed by atoms with Gasteiger partial charge in [0.05, 0.1) is 0 Å². The van der Waals surface area contributed by atoms with Gasteiger partial charge in [-0.3, -0.25) is 0 Å². The van der Waals surface area contributed by atoms with Gasteiger partial charge in [-0.25, -0.2) is 0 Å². The minimum atomic E-state index is -0.494. The Hall–Kier alpha value is -0.580. The van der Waals surface area contributed by atoms with Crippen molar-refractivity contribution in [1.82, 2.24) is 5.32 Å². The van der Waals surface area contributed by atoms with E-state index in [1.54, 1.807) is 0 Å². The van der Waals surface area contributed by atoms with Crippen molar-refractivity contribution in [2.45, 2.75) is 39.3 Å². The van der Waals surface area contributed by atoms with Gasteiger partial charge in [-0.05, 0) is 30.5 Å². The zero-order valence-electron chi connectivity index (χ0n) is 11.9. The Morgan fingerprint density at radius 1 is 1.37 bits per heavy atom. The first-order valence-corrected chi connectivity index (χ1v) is 7.62. The predicted octanol–water partition coefficient (Wildman–Crippen LogP) is 3.21. The van der Waals surface area contributed by atoms with Crippen molar-refractivity contribution in [3.63, 3.8) is 0 Å². The molecule has 0 heterocycles. The van der Waals surface area contributed by atoms with Gasteiger partial charge in [0.25, 0.3) is 0 Å². The summed E-state index contributed by atoms with van der Waals surface area (Å²) < 4.78 is 6.53. The largest absolute Gasteiger partial charge is 0.491 e. The van der Waals surface area contributed by atoms with Crippen LogP contribution in [0.2, 0.25) is 0 Å². The summed E-state index contributed by atoms with van der Waals surface area (Å²) in [6.07, 6.45) is 0.573. The van der Waals surface area contributed by atoms with E-state index in [1.165, 1.54) is 0 Å². The van der Waals surface area contributed by atoms with Crippen LogP contribution in [0, 0.1) is 5.92 Å². The first kappa shape index (κ1) is 16.5. The van der Waals surface area contributed by atoms with Crippen molar-refractivity contribution < 1.29 is 9.84 Å². The Balaban J connectivity index is 2.29. The molecule has 2 unspecified atom stereocenters. The molecule has 0 amide bonds. The molecule has 0 aliphatic rings. The second kappa shape index (κ2) is 8.56. The molecule has 0 radical (unpaired) electrons. The molecule has 0 spiro atoms. The number of halogens is 1. The van der Waals surface area contributed by atoms with Crippen molar-refractivity contribution in [2.75, 3.05) is 13.2 Å². The van der Waals surface area contributed by atoms with Crippen LogP contribution in [-0.4, -0.2) is 30.4 Å². The Labute approximate surface area is 124 Å². The van der Waals surface area contributed by atoms with E-state index in [4.69, 9.17) is 4.74 Å². The zero-order chi connectivity index (χ0) is 14.3. The number of aliphatic hydroxyl groups is 1. The maximum atomic E-state index is 9.91. The highest BCUT2D eigenvalue weighted by atomic mass is 79.9. The van der Waals surface area contributed by atoms with Crippen LogP contribution in [0.15, 0.2) is 28.7 Å². The molecule has 108 valence electrons. The Morgan fingerprint density at radius 2 is 2.11 bits per heavy atom. The zero-order valence-corrected chi connectivity index (χ0v) is 13.5. The fourth-order valence-corrected chi connectivity index (χ4v) is 2.33. The molecular formula is C15H24BrNO2. The Kier molecular flexibility index (Phi) is 7.42. The van der Waals surface area contributed by atoms with Gasteiger partial charge in [-0.1, -0.05) is 42.8 Å². The van der Waals surface area contributed by atoms with Crippen LogP contribution in [0.4, 0.5) is 0 Å². The molecular weight excluding hydrogens is 306 g/mol. The summed E-state index contributed by atoms with van der Waals surface area (Å²) in [6, 6.07) is 8.08. The molecule has 19 heavy (non-hydrogen) atoms. The normalized spacial score (nSPS) is 14.4. The van der Waals surface area contributed by atoms with E-state index >= 15 is 0 Å². The molecule has 1 rings (SSSR count). The van der Waals surface area contributed by atoms with Crippen molar-refractivity contribution >= 4 is 15.9 Å². The van der Waals surface area contributed by atoms with E-state index in [0.717, 1.165) is 16.6 Å². The van der Waals surface area contributed by atoms with Crippen LogP contribution in [0.5, 0.6) is 5.75 Å². The maximum Gasteiger partial charge on any atom is 0.120 e. The Bertz CT molecular complexity index is 371. The molecule has 0 bridgehead atoms. The smallest absolute Gasteiger partial charge is 0.120 e. The minimum absolute atomic E-state index is 0.304. The van der Waals surface area contributed by atoms with Crippen molar-refractivity contribution in [1.29, 1.82) is 0 Å². The average Bonchev–Trinajstić information content (AvgIpc) is 2.37. The average molecular weight is 330 g/mol. The fraction of sp³-hybridized carbons (Fsp3) is 0.600. The maximum absolute atomic E-state index is 9.91. The summed E-state index contributed by atoms with van der Waals surface area (Å²) in [5.74, 6) is 1.34. The molecule has 0 fully saturated rings. The number of hydrogen-bond donors (Lipinski definition) is 2. The van der Waals surface area contributed by atoms with Crippen LogP contribution >= 0.6 is 15.9 Å². The first-order valence-electron chi connectivity index (χ1n) is 6.82. The highest BCUT2D eigenvalue weighted by molar-refractivity contribution is 9.10. The number of ether oxygens (including phenoxy) is 1. The summed E-state index contributed by atoms with van der Waals surface area (Å²) >= 11 is 3.39. The van der Waals surface area contributed by atoms with Crippen LogP contribution < -0.4 is 10.1 Å². The highest BCUT2D eigenvalue weighted by Gasteiger charge is 2.13. The molecule has 3 nitrogen and oxygen atoms in total. The summed E-state index contributed by atoms with van der Waals surface area (Å²) in [6.45, 7) is 7.39. The van der Waals surface area contributed by atoms with Crippen molar-refractivity contribution in [3.05, 3.63) is 28.7 Å². The van der Waals surface area contributed by atoms with Crippen LogP contribution in [-0.2, 0) is 0 Å². The molecule has 1 aromatic carbocycles. The van der Waals surface area contributed by atoms with Gasteiger partial charge in [-0.15, -0.1) is 0 Å². The second-order valence-electron chi connectivity index (χ2n) is 5.09. The highest BCUT2D eigenvalue weighted by Crippen LogP contribution is 2.17. The number of hydrogen-bond acceptors (Lipinski definition) is 3. The standard InChI is InChI=1S/C15H24BrNO2/c1-4-15(11(2)3)17-9-13(18)10-19-14-7-5-6-12(16)8-14/h5-8,11,13,15,17-18H,4,9-10H2,1-3H3. The summed E-state index contributed by atoms with van der Waals surface area (Å²) in [5.41, 5.74) is 0. The van der Waals surface area contributed by atoms with E-state index in [-0.39, 0.29) is 0 Å². The molecule has 2 N–H and O–H groups in total. The third kappa shape index (κ3) is 6.41. The lowest BCUT2D eigenvalue weighted by Gasteiger charge is -2.22. The lowest BCUT2D eigenvalue weighted by atomic mass is 10.0. The van der Waals surface area contributed by atoms with Gasteiger partial charge in [-0.2, -0.15) is 0 Å². The van der Waals surface area contributed by atoms with E-state index < -0.39 is 6.10 Å². The van der Waals surface area contributed by atoms with Gasteiger partial charge in [0, 0.05) is 17.1 Å². The third-order valence-electron chi connectivity index (χ3n) is 3.10. The number of rotatable bonds is 8. The molecule has 4 heteroatoms. The van der Waals surface area contributed by atoms with Crippen molar-refractivity contribution in [3.8, 4) is 5.75 Å². The lowest BCUT2D eigenvalue weighted by molar-refractivity contribution is 0.101. The lowest BCUT2D eigenvalue weighted by Crippen LogP contribution is -2.40. The van der Waals surface area contributed by atoms with Gasteiger partial charge in [0.2, 0.25) is 0 Å². The van der Waals surface area contributed by atoms with Gasteiger partial charge in [0.15, 0.2) is 0 Å². The number of aliphatic hydroxyl groups excluding tert-OH is 1. The van der Waals surface area contributed by atoms with Crippen LogP contribution in [0.3, 0.4) is 0 Å². The topological polar surface area (TPSA) is 41.5 Å². The van der Waals surface area contributed by atoms with Gasteiger partial charge in [0.1, 0.15) is 18.5 Å². The van der Waals surface area contributed by atoms with E-state index in [1.807, 2.05) is 24.3 Å². The molecule has 0 aliphatic carbocycles. The second-order valence-corrected chi connectivity index (χ2v) is 6.00.